The largest absolute Gasteiger partial charge is 0.493 e. The number of nitrogens with one attached hydrogen (secondary N) is 1. The van der Waals surface area contributed by atoms with Crippen molar-refractivity contribution in [2.24, 2.45) is 11.7 Å². The predicted octanol–water partition coefficient (Wildman–Crippen LogP) is 2.23. The zero-order valence-electron chi connectivity index (χ0n) is 12.8. The van der Waals surface area contributed by atoms with Gasteiger partial charge < -0.3 is 20.5 Å². The fourth-order valence-electron chi connectivity index (χ4n) is 1.59. The maximum absolute atomic E-state index is 11.9. The van der Waals surface area contributed by atoms with Crippen molar-refractivity contribution in [3.8, 4) is 11.5 Å². The van der Waals surface area contributed by atoms with Gasteiger partial charge in [0.15, 0.2) is 11.5 Å². The van der Waals surface area contributed by atoms with Gasteiger partial charge in [-0.05, 0) is 37.1 Å². The summed E-state index contributed by atoms with van der Waals surface area (Å²) in [5, 5.41) is 2.81. The van der Waals surface area contributed by atoms with Crippen LogP contribution in [0, 0.1) is 5.92 Å². The molecular formula is C15H25ClN2O3. The van der Waals surface area contributed by atoms with Gasteiger partial charge in [0.2, 0.25) is 0 Å². The van der Waals surface area contributed by atoms with E-state index in [-0.39, 0.29) is 18.3 Å². The molecule has 1 aromatic rings. The van der Waals surface area contributed by atoms with Crippen LogP contribution < -0.4 is 20.5 Å². The van der Waals surface area contributed by atoms with Crippen LogP contribution in [0.2, 0.25) is 0 Å². The lowest BCUT2D eigenvalue weighted by Crippen LogP contribution is -2.25. The van der Waals surface area contributed by atoms with Crippen LogP contribution >= 0.6 is 12.4 Å². The van der Waals surface area contributed by atoms with E-state index in [0.29, 0.717) is 42.7 Å². The SMILES string of the molecule is COc1cc(C(=O)NCCCN)ccc1OCC(C)C.Cl. The van der Waals surface area contributed by atoms with E-state index in [1.807, 2.05) is 0 Å². The summed E-state index contributed by atoms with van der Waals surface area (Å²) < 4.78 is 10.9. The van der Waals surface area contributed by atoms with Crippen LogP contribution in [-0.2, 0) is 0 Å². The normalized spacial score (nSPS) is 9.95. The van der Waals surface area contributed by atoms with Crippen molar-refractivity contribution in [2.75, 3.05) is 26.8 Å². The van der Waals surface area contributed by atoms with Gasteiger partial charge in [-0.3, -0.25) is 4.79 Å². The average molecular weight is 317 g/mol. The molecule has 0 fully saturated rings. The van der Waals surface area contributed by atoms with Crippen LogP contribution in [0.4, 0.5) is 0 Å². The molecule has 0 atom stereocenters. The van der Waals surface area contributed by atoms with E-state index in [4.69, 9.17) is 15.2 Å². The fourth-order valence-corrected chi connectivity index (χ4v) is 1.59. The third-order valence-electron chi connectivity index (χ3n) is 2.66. The van der Waals surface area contributed by atoms with Gasteiger partial charge in [0, 0.05) is 12.1 Å². The lowest BCUT2D eigenvalue weighted by molar-refractivity contribution is 0.0953. The van der Waals surface area contributed by atoms with Gasteiger partial charge in [-0.15, -0.1) is 12.4 Å². The molecule has 0 unspecified atom stereocenters. The fraction of sp³-hybridized carbons (Fsp3) is 0.533. The zero-order valence-corrected chi connectivity index (χ0v) is 13.7. The molecule has 6 heteroatoms. The van der Waals surface area contributed by atoms with E-state index in [2.05, 4.69) is 19.2 Å². The molecule has 0 aliphatic carbocycles. The lowest BCUT2D eigenvalue weighted by Gasteiger charge is -2.13. The number of halogens is 1. The summed E-state index contributed by atoms with van der Waals surface area (Å²) in [6, 6.07) is 5.18. The number of carbonyl (C=O) groups is 1. The molecule has 0 heterocycles. The molecular weight excluding hydrogens is 292 g/mol. The number of benzene rings is 1. The maximum atomic E-state index is 11.9. The van der Waals surface area contributed by atoms with Crippen molar-refractivity contribution in [1.82, 2.24) is 5.32 Å². The molecule has 0 spiro atoms. The Hall–Kier alpha value is -1.46. The maximum Gasteiger partial charge on any atom is 0.251 e. The Kier molecular flexibility index (Phi) is 9.58. The van der Waals surface area contributed by atoms with Gasteiger partial charge in [0.1, 0.15) is 0 Å². The third kappa shape index (κ3) is 6.69. The molecule has 0 saturated heterocycles. The molecule has 1 aromatic carbocycles. The Morgan fingerprint density at radius 2 is 2.05 bits per heavy atom. The van der Waals surface area contributed by atoms with Gasteiger partial charge in [0.05, 0.1) is 13.7 Å². The van der Waals surface area contributed by atoms with E-state index in [1.54, 1.807) is 25.3 Å². The minimum Gasteiger partial charge on any atom is -0.493 e. The van der Waals surface area contributed by atoms with Crippen molar-refractivity contribution >= 4 is 18.3 Å². The highest BCUT2D eigenvalue weighted by Crippen LogP contribution is 2.28. The van der Waals surface area contributed by atoms with E-state index >= 15 is 0 Å². The second-order valence-corrected chi connectivity index (χ2v) is 4.97. The standard InChI is InChI=1S/C15H24N2O3.ClH/c1-11(2)10-20-13-6-5-12(9-14(13)19-3)15(18)17-8-4-7-16;/h5-6,9,11H,4,7-8,10,16H2,1-3H3,(H,17,18);1H. The number of carbonyl (C=O) groups excluding carboxylic acids is 1. The van der Waals surface area contributed by atoms with Crippen molar-refractivity contribution in [3.63, 3.8) is 0 Å². The highest BCUT2D eigenvalue weighted by Gasteiger charge is 2.11. The lowest BCUT2D eigenvalue weighted by atomic mass is 10.2. The van der Waals surface area contributed by atoms with Crippen LogP contribution in [-0.4, -0.2) is 32.7 Å². The first kappa shape index (κ1) is 19.5. The Balaban J connectivity index is 0.00000400. The van der Waals surface area contributed by atoms with Crippen LogP contribution in [0.15, 0.2) is 18.2 Å². The molecule has 21 heavy (non-hydrogen) atoms. The molecule has 0 radical (unpaired) electrons. The highest BCUT2D eigenvalue weighted by molar-refractivity contribution is 5.94. The first-order valence-corrected chi connectivity index (χ1v) is 6.87. The van der Waals surface area contributed by atoms with Gasteiger partial charge in [-0.25, -0.2) is 0 Å². The Labute approximate surface area is 132 Å². The number of rotatable bonds is 8. The number of hydrogen-bond donors (Lipinski definition) is 2. The van der Waals surface area contributed by atoms with E-state index in [9.17, 15) is 4.79 Å². The number of hydrogen-bond acceptors (Lipinski definition) is 4. The van der Waals surface area contributed by atoms with E-state index in [1.165, 1.54) is 0 Å². The van der Waals surface area contributed by atoms with Crippen molar-refractivity contribution < 1.29 is 14.3 Å². The van der Waals surface area contributed by atoms with Crippen LogP contribution in [0.25, 0.3) is 0 Å². The molecule has 5 nitrogen and oxygen atoms in total. The molecule has 0 aromatic heterocycles. The Morgan fingerprint density at radius 3 is 2.62 bits per heavy atom. The minimum absolute atomic E-state index is 0. The van der Waals surface area contributed by atoms with Gasteiger partial charge >= 0.3 is 0 Å². The highest BCUT2D eigenvalue weighted by atomic mass is 35.5. The van der Waals surface area contributed by atoms with Crippen LogP contribution in [0.1, 0.15) is 30.6 Å². The first-order chi connectivity index (χ1) is 9.58. The van der Waals surface area contributed by atoms with Crippen molar-refractivity contribution in [3.05, 3.63) is 23.8 Å². The zero-order chi connectivity index (χ0) is 15.0. The predicted molar refractivity (Wildman–Crippen MR) is 86.6 cm³/mol. The summed E-state index contributed by atoms with van der Waals surface area (Å²) in [6.45, 7) is 5.89. The van der Waals surface area contributed by atoms with Gasteiger partial charge in [-0.2, -0.15) is 0 Å². The molecule has 0 saturated carbocycles. The summed E-state index contributed by atoms with van der Waals surface area (Å²) in [6.07, 6.45) is 0.762. The number of methoxy groups -OCH3 is 1. The van der Waals surface area contributed by atoms with E-state index < -0.39 is 0 Å². The Bertz CT molecular complexity index is 439. The van der Waals surface area contributed by atoms with Crippen LogP contribution in [0.5, 0.6) is 11.5 Å². The monoisotopic (exact) mass is 316 g/mol. The summed E-state index contributed by atoms with van der Waals surface area (Å²) in [5.74, 6) is 1.52. The topological polar surface area (TPSA) is 73.6 Å². The van der Waals surface area contributed by atoms with Crippen molar-refractivity contribution in [1.29, 1.82) is 0 Å². The molecule has 0 bridgehead atoms. The van der Waals surface area contributed by atoms with Gasteiger partial charge in [0.25, 0.3) is 5.91 Å². The summed E-state index contributed by atoms with van der Waals surface area (Å²) in [7, 11) is 1.56. The molecule has 120 valence electrons. The third-order valence-corrected chi connectivity index (χ3v) is 2.66. The number of nitrogens with two attached hydrogens (primary N) is 1. The smallest absolute Gasteiger partial charge is 0.251 e. The van der Waals surface area contributed by atoms with Gasteiger partial charge in [-0.1, -0.05) is 13.8 Å². The minimum atomic E-state index is -0.132. The summed E-state index contributed by atoms with van der Waals surface area (Å²) >= 11 is 0. The number of amides is 1. The molecule has 1 amide bonds. The second-order valence-electron chi connectivity index (χ2n) is 4.97. The quantitative estimate of drug-likeness (QED) is 0.721. The second kappa shape index (κ2) is 10.3. The molecule has 3 N–H and O–H groups in total. The number of ether oxygens (including phenoxy) is 2. The van der Waals surface area contributed by atoms with Crippen LogP contribution in [0.3, 0.4) is 0 Å². The summed E-state index contributed by atoms with van der Waals surface area (Å²) in [5.41, 5.74) is 5.94. The van der Waals surface area contributed by atoms with E-state index in [0.717, 1.165) is 6.42 Å². The molecule has 0 aliphatic heterocycles. The van der Waals surface area contributed by atoms with Crippen molar-refractivity contribution in [2.45, 2.75) is 20.3 Å². The first-order valence-electron chi connectivity index (χ1n) is 6.87. The molecule has 0 aliphatic rings. The molecule has 1 rings (SSSR count). The summed E-state index contributed by atoms with van der Waals surface area (Å²) in [4.78, 5) is 11.9. The average Bonchev–Trinajstić information content (AvgIpc) is 2.44. The Morgan fingerprint density at radius 1 is 1.33 bits per heavy atom.